The lowest BCUT2D eigenvalue weighted by Gasteiger charge is -2.04. The van der Waals surface area contributed by atoms with Crippen molar-refractivity contribution < 1.29 is 0 Å². The molecule has 1 heterocycles. The van der Waals surface area contributed by atoms with Gasteiger partial charge in [-0.25, -0.2) is 4.98 Å². The Kier molecular flexibility index (Phi) is 2.75. The number of fused-ring (bicyclic) bond motifs is 1. The standard InChI is InChI=1S/C16H17N3/c1-10(2)13-4-3-5-14-15(13)19-16(18-14)11-6-8-12(17)9-7-11/h3-10H,17H2,1-2H3,(H,18,19). The van der Waals surface area contributed by atoms with E-state index in [0.717, 1.165) is 28.1 Å². The molecule has 3 N–H and O–H groups in total. The molecule has 96 valence electrons. The number of rotatable bonds is 2. The molecule has 0 aliphatic rings. The van der Waals surface area contributed by atoms with Gasteiger partial charge in [0.25, 0.3) is 0 Å². The van der Waals surface area contributed by atoms with Crippen molar-refractivity contribution in [2.75, 3.05) is 5.73 Å². The summed E-state index contributed by atoms with van der Waals surface area (Å²) in [6, 6.07) is 14.0. The van der Waals surface area contributed by atoms with Crippen LogP contribution in [-0.2, 0) is 0 Å². The van der Waals surface area contributed by atoms with E-state index >= 15 is 0 Å². The molecule has 3 rings (SSSR count). The minimum atomic E-state index is 0.464. The van der Waals surface area contributed by atoms with E-state index in [4.69, 9.17) is 10.7 Å². The molecule has 0 aliphatic heterocycles. The number of anilines is 1. The van der Waals surface area contributed by atoms with E-state index in [1.807, 2.05) is 24.3 Å². The number of nitrogens with zero attached hydrogens (tertiary/aromatic N) is 1. The largest absolute Gasteiger partial charge is 0.399 e. The van der Waals surface area contributed by atoms with Crippen LogP contribution in [0.15, 0.2) is 42.5 Å². The normalized spacial score (nSPS) is 11.3. The second-order valence-electron chi connectivity index (χ2n) is 5.11. The first-order chi connectivity index (χ1) is 9.15. The van der Waals surface area contributed by atoms with Crippen molar-refractivity contribution in [3.63, 3.8) is 0 Å². The second-order valence-corrected chi connectivity index (χ2v) is 5.11. The third-order valence-electron chi connectivity index (χ3n) is 3.35. The highest BCUT2D eigenvalue weighted by molar-refractivity contribution is 5.83. The Labute approximate surface area is 112 Å². The number of benzene rings is 2. The highest BCUT2D eigenvalue weighted by atomic mass is 14.9. The molecular weight excluding hydrogens is 234 g/mol. The number of H-pyrrole nitrogens is 1. The summed E-state index contributed by atoms with van der Waals surface area (Å²) in [7, 11) is 0. The Morgan fingerprint density at radius 2 is 1.79 bits per heavy atom. The summed E-state index contributed by atoms with van der Waals surface area (Å²) in [6.07, 6.45) is 0. The second kappa shape index (κ2) is 4.43. The van der Waals surface area contributed by atoms with Gasteiger partial charge in [0, 0.05) is 11.3 Å². The van der Waals surface area contributed by atoms with Crippen LogP contribution in [-0.4, -0.2) is 9.97 Å². The van der Waals surface area contributed by atoms with Crippen LogP contribution in [0.3, 0.4) is 0 Å². The van der Waals surface area contributed by atoms with Crippen LogP contribution in [0.4, 0.5) is 5.69 Å². The molecule has 1 aromatic heterocycles. The number of hydrogen-bond donors (Lipinski definition) is 2. The lowest BCUT2D eigenvalue weighted by molar-refractivity contribution is 0.874. The molecule has 0 bridgehead atoms. The first-order valence-corrected chi connectivity index (χ1v) is 6.49. The van der Waals surface area contributed by atoms with Gasteiger partial charge in [0.1, 0.15) is 5.82 Å². The lowest BCUT2D eigenvalue weighted by Crippen LogP contribution is -1.88. The molecule has 0 saturated carbocycles. The van der Waals surface area contributed by atoms with Gasteiger partial charge in [-0.3, -0.25) is 0 Å². The van der Waals surface area contributed by atoms with E-state index in [1.165, 1.54) is 5.56 Å². The smallest absolute Gasteiger partial charge is 0.138 e. The van der Waals surface area contributed by atoms with Gasteiger partial charge < -0.3 is 10.7 Å². The van der Waals surface area contributed by atoms with Gasteiger partial charge in [-0.15, -0.1) is 0 Å². The van der Waals surface area contributed by atoms with Crippen molar-refractivity contribution >= 4 is 16.7 Å². The predicted octanol–water partition coefficient (Wildman–Crippen LogP) is 3.94. The van der Waals surface area contributed by atoms with Gasteiger partial charge in [0.2, 0.25) is 0 Å². The highest BCUT2D eigenvalue weighted by Gasteiger charge is 2.10. The molecule has 0 unspecified atom stereocenters. The first-order valence-electron chi connectivity index (χ1n) is 6.49. The zero-order valence-electron chi connectivity index (χ0n) is 11.1. The molecule has 0 radical (unpaired) electrons. The van der Waals surface area contributed by atoms with E-state index in [-0.39, 0.29) is 0 Å². The van der Waals surface area contributed by atoms with E-state index in [9.17, 15) is 0 Å². The monoisotopic (exact) mass is 251 g/mol. The van der Waals surface area contributed by atoms with Crippen LogP contribution >= 0.6 is 0 Å². The van der Waals surface area contributed by atoms with Crippen molar-refractivity contribution in [2.24, 2.45) is 0 Å². The number of nitrogens with one attached hydrogen (secondary N) is 1. The fraction of sp³-hybridized carbons (Fsp3) is 0.188. The fourth-order valence-electron chi connectivity index (χ4n) is 2.30. The Morgan fingerprint density at radius 1 is 1.05 bits per heavy atom. The Morgan fingerprint density at radius 3 is 2.47 bits per heavy atom. The van der Waals surface area contributed by atoms with Crippen LogP contribution in [0.25, 0.3) is 22.4 Å². The number of aromatic nitrogens is 2. The Hall–Kier alpha value is -2.29. The van der Waals surface area contributed by atoms with E-state index in [1.54, 1.807) is 0 Å². The van der Waals surface area contributed by atoms with Gasteiger partial charge in [0.05, 0.1) is 11.0 Å². The lowest BCUT2D eigenvalue weighted by atomic mass is 10.0. The molecule has 3 heteroatoms. The van der Waals surface area contributed by atoms with Crippen LogP contribution in [0.2, 0.25) is 0 Å². The SMILES string of the molecule is CC(C)c1cccc2[nH]c(-c3ccc(N)cc3)nc12. The van der Waals surface area contributed by atoms with Gasteiger partial charge in [-0.1, -0.05) is 26.0 Å². The van der Waals surface area contributed by atoms with Crippen LogP contribution in [0.1, 0.15) is 25.3 Å². The van der Waals surface area contributed by atoms with E-state index in [2.05, 4.69) is 37.0 Å². The summed E-state index contributed by atoms with van der Waals surface area (Å²) >= 11 is 0. The molecule has 2 aromatic carbocycles. The van der Waals surface area contributed by atoms with Crippen molar-refractivity contribution in [2.45, 2.75) is 19.8 Å². The first kappa shape index (κ1) is 11.8. The summed E-state index contributed by atoms with van der Waals surface area (Å²) in [5.74, 6) is 1.36. The number of nitrogens with two attached hydrogens (primary N) is 1. The van der Waals surface area contributed by atoms with Gasteiger partial charge in [-0.2, -0.15) is 0 Å². The topological polar surface area (TPSA) is 54.7 Å². The highest BCUT2D eigenvalue weighted by Crippen LogP contribution is 2.27. The Bertz CT molecular complexity index is 708. The number of hydrogen-bond acceptors (Lipinski definition) is 2. The zero-order valence-corrected chi connectivity index (χ0v) is 11.1. The maximum absolute atomic E-state index is 5.71. The molecular formula is C16H17N3. The average Bonchev–Trinajstić information content (AvgIpc) is 2.82. The molecule has 0 saturated heterocycles. The van der Waals surface area contributed by atoms with E-state index in [0.29, 0.717) is 5.92 Å². The molecule has 19 heavy (non-hydrogen) atoms. The molecule has 0 fully saturated rings. The predicted molar refractivity (Wildman–Crippen MR) is 80.0 cm³/mol. The maximum atomic E-state index is 5.71. The summed E-state index contributed by atoms with van der Waals surface area (Å²) < 4.78 is 0. The van der Waals surface area contributed by atoms with Crippen molar-refractivity contribution in [1.82, 2.24) is 9.97 Å². The third-order valence-corrected chi connectivity index (χ3v) is 3.35. The quantitative estimate of drug-likeness (QED) is 0.678. The molecule has 3 aromatic rings. The van der Waals surface area contributed by atoms with Gasteiger partial charge >= 0.3 is 0 Å². The number of aromatic amines is 1. The third kappa shape index (κ3) is 2.08. The van der Waals surface area contributed by atoms with Gasteiger partial charge in [0.15, 0.2) is 0 Å². The molecule has 3 nitrogen and oxygen atoms in total. The van der Waals surface area contributed by atoms with Crippen LogP contribution in [0, 0.1) is 0 Å². The number of nitrogen functional groups attached to an aromatic ring is 1. The zero-order chi connectivity index (χ0) is 13.4. The average molecular weight is 251 g/mol. The summed E-state index contributed by atoms with van der Waals surface area (Å²) in [5.41, 5.74) is 10.9. The molecule has 0 amide bonds. The maximum Gasteiger partial charge on any atom is 0.138 e. The summed E-state index contributed by atoms with van der Waals surface area (Å²) in [6.45, 7) is 4.37. The Balaban J connectivity index is 2.16. The minimum absolute atomic E-state index is 0.464. The minimum Gasteiger partial charge on any atom is -0.399 e. The summed E-state index contributed by atoms with van der Waals surface area (Å²) in [4.78, 5) is 8.11. The van der Waals surface area contributed by atoms with Crippen LogP contribution in [0.5, 0.6) is 0 Å². The van der Waals surface area contributed by atoms with Crippen LogP contribution < -0.4 is 5.73 Å². The molecule has 0 atom stereocenters. The van der Waals surface area contributed by atoms with E-state index < -0.39 is 0 Å². The van der Waals surface area contributed by atoms with Crippen molar-refractivity contribution in [1.29, 1.82) is 0 Å². The molecule has 0 spiro atoms. The summed E-state index contributed by atoms with van der Waals surface area (Å²) in [5, 5.41) is 0. The van der Waals surface area contributed by atoms with Crippen molar-refractivity contribution in [3.05, 3.63) is 48.0 Å². The van der Waals surface area contributed by atoms with Gasteiger partial charge in [-0.05, 0) is 41.8 Å². The number of para-hydroxylation sites is 1. The van der Waals surface area contributed by atoms with Crippen molar-refractivity contribution in [3.8, 4) is 11.4 Å². The number of imidazole rings is 1. The fourth-order valence-corrected chi connectivity index (χ4v) is 2.30. The molecule has 0 aliphatic carbocycles.